The zero-order valence-electron chi connectivity index (χ0n) is 9.59. The molecule has 0 fully saturated rings. The van der Waals surface area contributed by atoms with Gasteiger partial charge in [-0.2, -0.15) is 5.10 Å². The summed E-state index contributed by atoms with van der Waals surface area (Å²) in [4.78, 5) is 0.237. The van der Waals surface area contributed by atoms with E-state index in [0.717, 1.165) is 10.0 Å². The van der Waals surface area contributed by atoms with E-state index in [4.69, 9.17) is 0 Å². The summed E-state index contributed by atoms with van der Waals surface area (Å²) in [6.07, 6.45) is 3.25. The van der Waals surface area contributed by atoms with Crippen molar-refractivity contribution < 1.29 is 8.42 Å². The number of aromatic amines is 1. The molecule has 2 rings (SSSR count). The lowest BCUT2D eigenvalue weighted by atomic mass is 10.2. The molecule has 0 aliphatic rings. The van der Waals surface area contributed by atoms with E-state index in [1.807, 2.05) is 0 Å². The standard InChI is InChI=1S/C11H12BrN3O2S/c1-8(9-6-13-14-7-9)15-18(16,17)11-4-2-10(12)3-5-11/h2-8,15H,1H3,(H,13,14). The molecule has 0 spiro atoms. The van der Waals surface area contributed by atoms with Crippen molar-refractivity contribution in [1.82, 2.24) is 14.9 Å². The second kappa shape index (κ2) is 5.21. The first-order chi connectivity index (χ1) is 8.49. The van der Waals surface area contributed by atoms with Crippen molar-refractivity contribution in [3.63, 3.8) is 0 Å². The first-order valence-electron chi connectivity index (χ1n) is 5.25. The highest BCUT2D eigenvalue weighted by Crippen LogP contribution is 2.18. The van der Waals surface area contributed by atoms with Crippen LogP contribution in [0.15, 0.2) is 46.0 Å². The first kappa shape index (κ1) is 13.3. The molecular weight excluding hydrogens is 318 g/mol. The van der Waals surface area contributed by atoms with Crippen molar-refractivity contribution >= 4 is 26.0 Å². The second-order valence-corrected chi connectivity index (χ2v) is 6.46. The molecule has 0 bridgehead atoms. The topological polar surface area (TPSA) is 74.8 Å². The smallest absolute Gasteiger partial charge is 0.241 e. The molecule has 0 aliphatic carbocycles. The van der Waals surface area contributed by atoms with Crippen molar-refractivity contribution in [3.05, 3.63) is 46.7 Å². The minimum atomic E-state index is -3.51. The van der Waals surface area contributed by atoms with Gasteiger partial charge in [-0.25, -0.2) is 13.1 Å². The Balaban J connectivity index is 2.20. The van der Waals surface area contributed by atoms with Gasteiger partial charge in [-0.1, -0.05) is 15.9 Å². The van der Waals surface area contributed by atoms with E-state index < -0.39 is 10.0 Å². The third-order valence-corrected chi connectivity index (χ3v) is 4.56. The Morgan fingerprint density at radius 2 is 2.00 bits per heavy atom. The van der Waals surface area contributed by atoms with Crippen LogP contribution in [0, 0.1) is 0 Å². The van der Waals surface area contributed by atoms with Gasteiger partial charge in [0.25, 0.3) is 0 Å². The summed E-state index contributed by atoms with van der Waals surface area (Å²) in [5, 5.41) is 6.44. The average molecular weight is 330 g/mol. The first-order valence-corrected chi connectivity index (χ1v) is 7.53. The molecular formula is C11H12BrN3O2S. The van der Waals surface area contributed by atoms with Crippen LogP contribution in [-0.2, 0) is 10.0 Å². The van der Waals surface area contributed by atoms with E-state index in [9.17, 15) is 8.42 Å². The van der Waals surface area contributed by atoms with Gasteiger partial charge in [-0.05, 0) is 31.2 Å². The largest absolute Gasteiger partial charge is 0.285 e. The lowest BCUT2D eigenvalue weighted by molar-refractivity contribution is 0.567. The van der Waals surface area contributed by atoms with Gasteiger partial charge >= 0.3 is 0 Å². The monoisotopic (exact) mass is 329 g/mol. The number of H-pyrrole nitrogens is 1. The highest BCUT2D eigenvalue weighted by atomic mass is 79.9. The zero-order chi connectivity index (χ0) is 13.2. The molecule has 0 radical (unpaired) electrons. The van der Waals surface area contributed by atoms with Crippen LogP contribution in [0.1, 0.15) is 18.5 Å². The van der Waals surface area contributed by atoms with Gasteiger partial charge in [0.2, 0.25) is 10.0 Å². The summed E-state index contributed by atoms with van der Waals surface area (Å²) in [6.45, 7) is 1.77. The molecule has 18 heavy (non-hydrogen) atoms. The predicted octanol–water partition coefficient (Wildman–Crippen LogP) is 2.21. The lowest BCUT2D eigenvalue weighted by Crippen LogP contribution is -2.26. The van der Waals surface area contributed by atoms with E-state index in [0.29, 0.717) is 0 Å². The van der Waals surface area contributed by atoms with Crippen molar-refractivity contribution in [2.24, 2.45) is 0 Å². The Kier molecular flexibility index (Phi) is 3.84. The number of hydrogen-bond donors (Lipinski definition) is 2. The maximum absolute atomic E-state index is 12.1. The fourth-order valence-electron chi connectivity index (χ4n) is 1.48. The number of hydrogen-bond acceptors (Lipinski definition) is 3. The third kappa shape index (κ3) is 2.98. The van der Waals surface area contributed by atoms with Crippen molar-refractivity contribution in [2.75, 3.05) is 0 Å². The fourth-order valence-corrected chi connectivity index (χ4v) is 2.98. The molecule has 0 saturated carbocycles. The molecule has 0 aliphatic heterocycles. The maximum atomic E-state index is 12.1. The Morgan fingerprint density at radius 1 is 1.33 bits per heavy atom. The fraction of sp³-hybridized carbons (Fsp3) is 0.182. The van der Waals surface area contributed by atoms with Crippen LogP contribution >= 0.6 is 15.9 Å². The van der Waals surface area contributed by atoms with Gasteiger partial charge in [0.05, 0.1) is 11.1 Å². The highest BCUT2D eigenvalue weighted by Gasteiger charge is 2.18. The van der Waals surface area contributed by atoms with Gasteiger partial charge in [-0.3, -0.25) is 5.10 Å². The summed E-state index contributed by atoms with van der Waals surface area (Å²) in [5.74, 6) is 0. The van der Waals surface area contributed by atoms with Gasteiger partial charge < -0.3 is 0 Å². The van der Waals surface area contributed by atoms with Gasteiger partial charge in [0, 0.05) is 22.3 Å². The Labute approximate surface area is 114 Å². The molecule has 0 amide bonds. The van der Waals surface area contributed by atoms with Crippen molar-refractivity contribution in [3.8, 4) is 0 Å². The van der Waals surface area contributed by atoms with Crippen LogP contribution in [0.5, 0.6) is 0 Å². The molecule has 7 heteroatoms. The summed E-state index contributed by atoms with van der Waals surface area (Å²) in [7, 11) is -3.51. The quantitative estimate of drug-likeness (QED) is 0.903. The van der Waals surface area contributed by atoms with Crippen molar-refractivity contribution in [2.45, 2.75) is 17.9 Å². The number of halogens is 1. The Bertz CT molecular complexity index is 608. The molecule has 1 aromatic carbocycles. The number of aromatic nitrogens is 2. The number of nitrogens with zero attached hydrogens (tertiary/aromatic N) is 1. The van der Waals surface area contributed by atoms with Crippen LogP contribution in [0.3, 0.4) is 0 Å². The van der Waals surface area contributed by atoms with Crippen LogP contribution in [-0.4, -0.2) is 18.6 Å². The predicted molar refractivity (Wildman–Crippen MR) is 71.5 cm³/mol. The Morgan fingerprint density at radius 3 is 2.56 bits per heavy atom. The van der Waals surface area contributed by atoms with E-state index in [2.05, 4.69) is 30.8 Å². The summed E-state index contributed by atoms with van der Waals surface area (Å²) >= 11 is 3.27. The van der Waals surface area contributed by atoms with Gasteiger partial charge in [-0.15, -0.1) is 0 Å². The van der Waals surface area contributed by atoms with Crippen LogP contribution in [0.25, 0.3) is 0 Å². The van der Waals surface area contributed by atoms with E-state index in [1.54, 1.807) is 43.6 Å². The molecule has 1 aromatic heterocycles. The average Bonchev–Trinajstić information content (AvgIpc) is 2.82. The number of nitrogens with one attached hydrogen (secondary N) is 2. The minimum absolute atomic E-state index is 0.237. The van der Waals surface area contributed by atoms with E-state index >= 15 is 0 Å². The van der Waals surface area contributed by atoms with Crippen LogP contribution < -0.4 is 4.72 Å². The van der Waals surface area contributed by atoms with Crippen molar-refractivity contribution in [1.29, 1.82) is 0 Å². The Hall–Kier alpha value is -1.18. The van der Waals surface area contributed by atoms with Gasteiger partial charge in [0.15, 0.2) is 0 Å². The highest BCUT2D eigenvalue weighted by molar-refractivity contribution is 9.10. The number of sulfonamides is 1. The summed E-state index contributed by atoms with van der Waals surface area (Å²) < 4.78 is 27.6. The van der Waals surface area contributed by atoms with E-state index in [1.165, 1.54) is 0 Å². The molecule has 5 nitrogen and oxygen atoms in total. The summed E-state index contributed by atoms with van der Waals surface area (Å²) in [6, 6.07) is 6.15. The minimum Gasteiger partial charge on any atom is -0.285 e. The van der Waals surface area contributed by atoms with E-state index in [-0.39, 0.29) is 10.9 Å². The molecule has 1 heterocycles. The zero-order valence-corrected chi connectivity index (χ0v) is 12.0. The van der Waals surface area contributed by atoms with Gasteiger partial charge in [0.1, 0.15) is 0 Å². The lowest BCUT2D eigenvalue weighted by Gasteiger charge is -2.12. The number of benzene rings is 1. The second-order valence-electron chi connectivity index (χ2n) is 3.83. The summed E-state index contributed by atoms with van der Waals surface area (Å²) in [5.41, 5.74) is 0.788. The molecule has 2 aromatic rings. The molecule has 0 saturated heterocycles. The molecule has 2 N–H and O–H groups in total. The van der Waals surface area contributed by atoms with Crippen LogP contribution in [0.4, 0.5) is 0 Å². The number of rotatable bonds is 4. The molecule has 1 atom stereocenters. The third-order valence-electron chi connectivity index (χ3n) is 2.48. The van der Waals surface area contributed by atoms with Crippen LogP contribution in [0.2, 0.25) is 0 Å². The normalized spacial score (nSPS) is 13.4. The molecule has 1 unspecified atom stereocenters. The maximum Gasteiger partial charge on any atom is 0.241 e. The molecule has 96 valence electrons. The SMILES string of the molecule is CC(NS(=O)(=O)c1ccc(Br)cc1)c1cn[nH]c1.